The van der Waals surface area contributed by atoms with Crippen LogP contribution >= 0.6 is 11.6 Å². The quantitative estimate of drug-likeness (QED) is 0.583. The molecular formula is C20H20ClN3O3. The molecule has 6 nitrogen and oxygen atoms in total. The molecule has 1 heterocycles. The number of fused-ring (bicyclic) bond motifs is 1. The molecule has 2 N–H and O–H groups in total. The number of halogens is 1. The Morgan fingerprint density at radius 1 is 1.15 bits per heavy atom. The number of amides is 1. The first-order chi connectivity index (χ1) is 13.1. The number of hydrogen-bond acceptors (Lipinski definition) is 4. The van der Waals surface area contributed by atoms with Crippen LogP contribution in [-0.2, 0) is 11.2 Å². The Morgan fingerprint density at radius 2 is 1.93 bits per heavy atom. The summed E-state index contributed by atoms with van der Waals surface area (Å²) in [6.07, 6.45) is 1.50. The number of hydrogen-bond donors (Lipinski definition) is 2. The zero-order valence-electron chi connectivity index (χ0n) is 14.7. The highest BCUT2D eigenvalue weighted by atomic mass is 35.5. The Kier molecular flexibility index (Phi) is 6.44. The first-order valence-corrected chi connectivity index (χ1v) is 9.12. The van der Waals surface area contributed by atoms with Gasteiger partial charge in [0, 0.05) is 17.9 Å². The van der Waals surface area contributed by atoms with Crippen LogP contribution in [-0.4, -0.2) is 29.0 Å². The molecule has 0 aliphatic rings. The summed E-state index contributed by atoms with van der Waals surface area (Å²) in [5.41, 5.74) is 0.513. The van der Waals surface area contributed by atoms with Crippen molar-refractivity contribution in [3.63, 3.8) is 0 Å². The highest BCUT2D eigenvalue weighted by Gasteiger charge is 2.05. The number of rotatable bonds is 8. The van der Waals surface area contributed by atoms with E-state index in [4.69, 9.17) is 16.3 Å². The summed E-state index contributed by atoms with van der Waals surface area (Å²) in [6.45, 7) is 0.805. The predicted octanol–water partition coefficient (Wildman–Crippen LogP) is 3.09. The minimum absolute atomic E-state index is 0.0576. The minimum atomic E-state index is -0.153. The first-order valence-electron chi connectivity index (χ1n) is 8.75. The van der Waals surface area contributed by atoms with E-state index in [0.29, 0.717) is 59.9 Å². The number of nitrogens with zero attached hydrogens (tertiary/aromatic N) is 1. The van der Waals surface area contributed by atoms with Crippen molar-refractivity contribution in [2.45, 2.75) is 19.3 Å². The van der Waals surface area contributed by atoms with Gasteiger partial charge < -0.3 is 15.0 Å². The summed E-state index contributed by atoms with van der Waals surface area (Å²) >= 11 is 5.81. The average molecular weight is 386 g/mol. The van der Waals surface area contributed by atoms with Crippen molar-refractivity contribution in [3.05, 3.63) is 69.7 Å². The molecule has 0 atom stereocenters. The minimum Gasteiger partial charge on any atom is -0.492 e. The molecule has 0 aliphatic heterocycles. The number of ether oxygens (including phenoxy) is 1. The molecule has 0 bridgehead atoms. The van der Waals surface area contributed by atoms with Gasteiger partial charge in [-0.25, -0.2) is 4.98 Å². The third kappa shape index (κ3) is 5.56. The smallest absolute Gasteiger partial charge is 0.258 e. The summed E-state index contributed by atoms with van der Waals surface area (Å²) in [5, 5.41) is 4.03. The predicted molar refractivity (Wildman–Crippen MR) is 105 cm³/mol. The van der Waals surface area contributed by atoms with Crippen LogP contribution in [0.4, 0.5) is 0 Å². The van der Waals surface area contributed by atoms with Crippen LogP contribution in [0, 0.1) is 0 Å². The maximum absolute atomic E-state index is 12.0. The lowest BCUT2D eigenvalue weighted by atomic mass is 10.2. The van der Waals surface area contributed by atoms with Gasteiger partial charge in [-0.05, 0) is 42.8 Å². The number of H-pyrrole nitrogens is 1. The maximum atomic E-state index is 12.0. The lowest BCUT2D eigenvalue weighted by Crippen LogP contribution is -2.28. The second-order valence-electron chi connectivity index (χ2n) is 6.04. The summed E-state index contributed by atoms with van der Waals surface area (Å²) in [7, 11) is 0. The lowest BCUT2D eigenvalue weighted by Gasteiger charge is -2.08. The van der Waals surface area contributed by atoms with Gasteiger partial charge in [-0.15, -0.1) is 0 Å². The van der Waals surface area contributed by atoms with E-state index in [-0.39, 0.29) is 11.5 Å². The largest absolute Gasteiger partial charge is 0.492 e. The number of nitrogens with one attached hydrogen (secondary N) is 2. The Hall–Kier alpha value is -2.86. The number of para-hydroxylation sites is 1. The fraction of sp³-hybridized carbons (Fsp3) is 0.250. The van der Waals surface area contributed by atoms with E-state index >= 15 is 0 Å². The molecule has 0 fully saturated rings. The van der Waals surface area contributed by atoms with Crippen LogP contribution in [0.2, 0.25) is 5.02 Å². The fourth-order valence-corrected chi connectivity index (χ4v) is 2.77. The van der Waals surface area contributed by atoms with Crippen molar-refractivity contribution in [1.29, 1.82) is 0 Å². The third-order valence-corrected chi connectivity index (χ3v) is 4.24. The number of carbonyl (C=O) groups is 1. The number of aromatic amines is 1. The Balaban J connectivity index is 1.38. The normalized spacial score (nSPS) is 10.7. The van der Waals surface area contributed by atoms with Gasteiger partial charge in [0.05, 0.1) is 17.4 Å². The zero-order chi connectivity index (χ0) is 19.1. The molecular weight excluding hydrogens is 366 g/mol. The van der Waals surface area contributed by atoms with E-state index in [1.165, 1.54) is 0 Å². The van der Waals surface area contributed by atoms with E-state index < -0.39 is 0 Å². The SMILES string of the molecule is O=C(CCCc1nc2ccccc2c(=O)[nH]1)NCCOc1ccc(Cl)cc1. The molecule has 1 aromatic heterocycles. The number of aromatic nitrogens is 2. The van der Waals surface area contributed by atoms with Gasteiger partial charge in [0.1, 0.15) is 18.2 Å². The highest BCUT2D eigenvalue weighted by Crippen LogP contribution is 2.15. The van der Waals surface area contributed by atoms with Gasteiger partial charge in [-0.1, -0.05) is 23.7 Å². The molecule has 140 valence electrons. The highest BCUT2D eigenvalue weighted by molar-refractivity contribution is 6.30. The summed E-state index contributed by atoms with van der Waals surface area (Å²) in [4.78, 5) is 31.1. The molecule has 0 aliphatic carbocycles. The molecule has 0 saturated carbocycles. The van der Waals surface area contributed by atoms with Crippen molar-refractivity contribution in [1.82, 2.24) is 15.3 Å². The van der Waals surface area contributed by atoms with E-state index in [9.17, 15) is 9.59 Å². The van der Waals surface area contributed by atoms with Crippen LogP contribution < -0.4 is 15.6 Å². The first kappa shape index (κ1) is 18.9. The molecule has 7 heteroatoms. The maximum Gasteiger partial charge on any atom is 0.258 e. The molecule has 1 amide bonds. The van der Waals surface area contributed by atoms with Crippen LogP contribution in [0.5, 0.6) is 5.75 Å². The summed E-state index contributed by atoms with van der Waals surface area (Å²) in [5.74, 6) is 1.25. The summed E-state index contributed by atoms with van der Waals surface area (Å²) in [6, 6.07) is 14.3. The third-order valence-electron chi connectivity index (χ3n) is 3.99. The van der Waals surface area contributed by atoms with Crippen molar-refractivity contribution in [2.75, 3.05) is 13.2 Å². The molecule has 0 saturated heterocycles. The zero-order valence-corrected chi connectivity index (χ0v) is 15.5. The molecule has 27 heavy (non-hydrogen) atoms. The number of aryl methyl sites for hydroxylation is 1. The van der Waals surface area contributed by atoms with Crippen molar-refractivity contribution < 1.29 is 9.53 Å². The van der Waals surface area contributed by atoms with Gasteiger partial charge in [0.15, 0.2) is 0 Å². The molecule has 2 aromatic carbocycles. The molecule has 3 aromatic rings. The Bertz CT molecular complexity index is 970. The van der Waals surface area contributed by atoms with Crippen molar-refractivity contribution in [3.8, 4) is 5.75 Å². The van der Waals surface area contributed by atoms with Crippen molar-refractivity contribution in [2.24, 2.45) is 0 Å². The Morgan fingerprint density at radius 3 is 2.74 bits per heavy atom. The van der Waals surface area contributed by atoms with Gasteiger partial charge in [0.25, 0.3) is 5.56 Å². The van der Waals surface area contributed by atoms with E-state index in [2.05, 4.69) is 15.3 Å². The summed E-state index contributed by atoms with van der Waals surface area (Å²) < 4.78 is 5.52. The molecule has 0 spiro atoms. The van der Waals surface area contributed by atoms with E-state index in [1.54, 1.807) is 36.4 Å². The molecule has 0 radical (unpaired) electrons. The Labute approximate surface area is 161 Å². The number of benzene rings is 2. The lowest BCUT2D eigenvalue weighted by molar-refractivity contribution is -0.121. The molecule has 0 unspecified atom stereocenters. The van der Waals surface area contributed by atoms with Gasteiger partial charge >= 0.3 is 0 Å². The van der Waals surface area contributed by atoms with Crippen LogP contribution in [0.1, 0.15) is 18.7 Å². The fourth-order valence-electron chi connectivity index (χ4n) is 2.65. The second-order valence-corrected chi connectivity index (χ2v) is 6.47. The van der Waals surface area contributed by atoms with E-state index in [0.717, 1.165) is 0 Å². The van der Waals surface area contributed by atoms with Crippen LogP contribution in [0.25, 0.3) is 10.9 Å². The standard InChI is InChI=1S/C20H20ClN3O3/c21-14-8-10-15(11-9-14)27-13-12-22-19(25)7-3-6-18-23-17-5-2-1-4-16(17)20(26)24-18/h1-2,4-5,8-11H,3,6-7,12-13H2,(H,22,25)(H,23,24,26). The van der Waals surface area contributed by atoms with E-state index in [1.807, 2.05) is 12.1 Å². The van der Waals surface area contributed by atoms with Gasteiger partial charge in [-0.2, -0.15) is 0 Å². The van der Waals surface area contributed by atoms with Crippen molar-refractivity contribution >= 4 is 28.4 Å². The molecule has 3 rings (SSSR count). The van der Waals surface area contributed by atoms with Gasteiger partial charge in [-0.3, -0.25) is 9.59 Å². The topological polar surface area (TPSA) is 84.1 Å². The van der Waals surface area contributed by atoms with Crippen LogP contribution in [0.15, 0.2) is 53.3 Å². The monoisotopic (exact) mass is 385 g/mol. The second kappa shape index (κ2) is 9.19. The van der Waals surface area contributed by atoms with Crippen LogP contribution in [0.3, 0.4) is 0 Å². The number of carbonyl (C=O) groups excluding carboxylic acids is 1. The van der Waals surface area contributed by atoms with Gasteiger partial charge in [0.2, 0.25) is 5.91 Å². The average Bonchev–Trinajstić information content (AvgIpc) is 2.67.